The van der Waals surface area contributed by atoms with Gasteiger partial charge < -0.3 is 10.5 Å². The van der Waals surface area contributed by atoms with Gasteiger partial charge in [0.1, 0.15) is 11.6 Å². The Morgan fingerprint density at radius 1 is 1.24 bits per heavy atom. The summed E-state index contributed by atoms with van der Waals surface area (Å²) in [5, 5.41) is 0. The summed E-state index contributed by atoms with van der Waals surface area (Å²) >= 11 is 0. The van der Waals surface area contributed by atoms with Crippen LogP contribution in [0.1, 0.15) is 5.56 Å². The fraction of sp³-hybridized carbons (Fsp3) is 0.143. The van der Waals surface area contributed by atoms with Gasteiger partial charge in [-0.15, -0.1) is 0 Å². The topological polar surface area (TPSA) is 81.4 Å². The zero-order chi connectivity index (χ0) is 15.6. The van der Waals surface area contributed by atoms with Crippen molar-refractivity contribution in [2.24, 2.45) is 0 Å². The smallest absolute Gasteiger partial charge is 0.261 e. The average molecular weight is 310 g/mol. The fourth-order valence-corrected chi connectivity index (χ4v) is 2.96. The van der Waals surface area contributed by atoms with Gasteiger partial charge in [-0.05, 0) is 37.3 Å². The minimum absolute atomic E-state index is 0.0236. The van der Waals surface area contributed by atoms with Gasteiger partial charge in [-0.2, -0.15) is 0 Å². The van der Waals surface area contributed by atoms with Gasteiger partial charge in [-0.25, -0.2) is 12.8 Å². The first-order valence-corrected chi connectivity index (χ1v) is 7.55. The number of halogens is 1. The predicted octanol–water partition coefficient (Wildman–Crippen LogP) is 2.53. The van der Waals surface area contributed by atoms with Gasteiger partial charge in [0, 0.05) is 5.56 Å². The third-order valence-corrected chi connectivity index (χ3v) is 4.39. The number of nitrogens with two attached hydrogens (primary N) is 1. The maximum atomic E-state index is 13.4. The number of sulfonamides is 1. The molecule has 0 aromatic heterocycles. The van der Waals surface area contributed by atoms with Crippen LogP contribution < -0.4 is 15.2 Å². The summed E-state index contributed by atoms with van der Waals surface area (Å²) in [5.74, 6) is -0.0969. The molecule has 0 amide bonds. The second kappa shape index (κ2) is 5.61. The second-order valence-corrected chi connectivity index (χ2v) is 6.10. The van der Waals surface area contributed by atoms with Crippen LogP contribution in [0.25, 0.3) is 0 Å². The van der Waals surface area contributed by atoms with Crippen LogP contribution in [0.15, 0.2) is 41.3 Å². The highest BCUT2D eigenvalue weighted by atomic mass is 32.2. The molecule has 0 aliphatic carbocycles. The van der Waals surface area contributed by atoms with Crippen molar-refractivity contribution < 1.29 is 17.5 Å². The number of anilines is 2. The molecule has 3 N–H and O–H groups in total. The molecule has 0 saturated heterocycles. The van der Waals surface area contributed by atoms with Crippen LogP contribution in [-0.4, -0.2) is 15.5 Å². The molecule has 0 spiro atoms. The van der Waals surface area contributed by atoms with Crippen molar-refractivity contribution in [3.8, 4) is 5.75 Å². The SMILES string of the molecule is COc1ccc(S(=O)(=O)Nc2cccc(F)c2C)cc1N. The highest BCUT2D eigenvalue weighted by Gasteiger charge is 2.17. The molecule has 2 aromatic rings. The predicted molar refractivity (Wildman–Crippen MR) is 79.4 cm³/mol. The number of nitrogen functional groups attached to an aromatic ring is 1. The Morgan fingerprint density at radius 3 is 2.57 bits per heavy atom. The van der Waals surface area contributed by atoms with E-state index >= 15 is 0 Å². The molecule has 0 unspecified atom stereocenters. The van der Waals surface area contributed by atoms with Crippen molar-refractivity contribution in [1.82, 2.24) is 0 Å². The van der Waals surface area contributed by atoms with E-state index in [1.54, 1.807) is 0 Å². The zero-order valence-electron chi connectivity index (χ0n) is 11.6. The number of hydrogen-bond acceptors (Lipinski definition) is 4. The largest absolute Gasteiger partial charge is 0.495 e. The quantitative estimate of drug-likeness (QED) is 0.850. The summed E-state index contributed by atoms with van der Waals surface area (Å²) in [7, 11) is -2.41. The summed E-state index contributed by atoms with van der Waals surface area (Å²) in [6.45, 7) is 1.50. The van der Waals surface area contributed by atoms with Crippen LogP contribution >= 0.6 is 0 Å². The van der Waals surface area contributed by atoms with Crippen LogP contribution in [0.2, 0.25) is 0 Å². The van der Waals surface area contributed by atoms with E-state index < -0.39 is 15.8 Å². The van der Waals surface area contributed by atoms with Gasteiger partial charge in [0.05, 0.1) is 23.4 Å². The standard InChI is InChI=1S/C14H15FN2O3S/c1-9-11(15)4-3-5-13(9)17-21(18,19)10-6-7-14(20-2)12(16)8-10/h3-8,17H,16H2,1-2H3. The Balaban J connectivity index is 2.39. The number of rotatable bonds is 4. The normalized spacial score (nSPS) is 11.2. The number of hydrogen-bond donors (Lipinski definition) is 2. The molecule has 7 heteroatoms. The molecule has 112 valence electrons. The Kier molecular flexibility index (Phi) is 4.04. The van der Waals surface area contributed by atoms with Gasteiger partial charge in [-0.3, -0.25) is 4.72 Å². The lowest BCUT2D eigenvalue weighted by Crippen LogP contribution is -2.14. The van der Waals surface area contributed by atoms with Crippen LogP contribution in [0, 0.1) is 12.7 Å². The lowest BCUT2D eigenvalue weighted by molar-refractivity contribution is 0.416. The monoisotopic (exact) mass is 310 g/mol. The number of nitrogens with one attached hydrogen (secondary N) is 1. The van der Waals surface area contributed by atoms with E-state index in [1.165, 1.54) is 50.4 Å². The molecule has 0 bridgehead atoms. The Labute approximate surface area is 122 Å². The first kappa shape index (κ1) is 15.1. The highest BCUT2D eigenvalue weighted by molar-refractivity contribution is 7.92. The van der Waals surface area contributed by atoms with Crippen molar-refractivity contribution in [3.05, 3.63) is 47.8 Å². The molecule has 0 atom stereocenters. The van der Waals surface area contributed by atoms with E-state index in [0.29, 0.717) is 5.75 Å². The second-order valence-electron chi connectivity index (χ2n) is 4.42. The summed E-state index contributed by atoms with van der Waals surface area (Å²) in [6, 6.07) is 8.30. The van der Waals surface area contributed by atoms with E-state index in [4.69, 9.17) is 10.5 Å². The summed E-state index contributed by atoms with van der Waals surface area (Å²) < 4.78 is 45.3. The molecule has 0 aliphatic heterocycles. The highest BCUT2D eigenvalue weighted by Crippen LogP contribution is 2.26. The minimum Gasteiger partial charge on any atom is -0.495 e. The summed E-state index contributed by atoms with van der Waals surface area (Å²) in [6.07, 6.45) is 0. The maximum Gasteiger partial charge on any atom is 0.261 e. The molecule has 2 aromatic carbocycles. The minimum atomic E-state index is -3.85. The van der Waals surface area contributed by atoms with Crippen molar-refractivity contribution in [3.63, 3.8) is 0 Å². The molecule has 0 aliphatic rings. The van der Waals surface area contributed by atoms with E-state index in [-0.39, 0.29) is 21.8 Å². The molecule has 0 fully saturated rings. The summed E-state index contributed by atoms with van der Waals surface area (Å²) in [5.41, 5.74) is 6.31. The van der Waals surface area contributed by atoms with E-state index in [2.05, 4.69) is 4.72 Å². The maximum absolute atomic E-state index is 13.4. The van der Waals surface area contributed by atoms with E-state index in [9.17, 15) is 12.8 Å². The third kappa shape index (κ3) is 3.08. The molecule has 0 heterocycles. The molecule has 0 saturated carbocycles. The van der Waals surface area contributed by atoms with Crippen LogP contribution in [0.3, 0.4) is 0 Å². The first-order valence-electron chi connectivity index (χ1n) is 6.06. The lowest BCUT2D eigenvalue weighted by Gasteiger charge is -2.12. The molecular formula is C14H15FN2O3S. The zero-order valence-corrected chi connectivity index (χ0v) is 12.4. The molecule has 5 nitrogen and oxygen atoms in total. The molecule has 21 heavy (non-hydrogen) atoms. The molecular weight excluding hydrogens is 295 g/mol. The van der Waals surface area contributed by atoms with Gasteiger partial charge in [0.25, 0.3) is 10.0 Å². The van der Waals surface area contributed by atoms with Crippen LogP contribution in [-0.2, 0) is 10.0 Å². The van der Waals surface area contributed by atoms with Crippen LogP contribution in [0.5, 0.6) is 5.75 Å². The number of benzene rings is 2. The van der Waals surface area contributed by atoms with Crippen molar-refractivity contribution in [2.75, 3.05) is 17.6 Å². The first-order chi connectivity index (χ1) is 9.85. The number of ether oxygens (including phenoxy) is 1. The lowest BCUT2D eigenvalue weighted by atomic mass is 10.2. The third-order valence-electron chi connectivity index (χ3n) is 3.02. The van der Waals surface area contributed by atoms with Gasteiger partial charge in [-0.1, -0.05) is 6.07 Å². The molecule has 2 rings (SSSR count). The van der Waals surface area contributed by atoms with Gasteiger partial charge in [0.2, 0.25) is 0 Å². The molecule has 0 radical (unpaired) electrons. The van der Waals surface area contributed by atoms with E-state index in [1.807, 2.05) is 0 Å². The Morgan fingerprint density at radius 2 is 1.95 bits per heavy atom. The number of methoxy groups -OCH3 is 1. The Hall–Kier alpha value is -2.28. The Bertz CT molecular complexity index is 776. The van der Waals surface area contributed by atoms with Crippen molar-refractivity contribution in [1.29, 1.82) is 0 Å². The van der Waals surface area contributed by atoms with Crippen molar-refractivity contribution in [2.45, 2.75) is 11.8 Å². The van der Waals surface area contributed by atoms with Gasteiger partial charge >= 0.3 is 0 Å². The van der Waals surface area contributed by atoms with Gasteiger partial charge in [0.15, 0.2) is 0 Å². The van der Waals surface area contributed by atoms with Crippen LogP contribution in [0.4, 0.5) is 15.8 Å². The van der Waals surface area contributed by atoms with Crippen molar-refractivity contribution >= 4 is 21.4 Å². The summed E-state index contributed by atoms with van der Waals surface area (Å²) in [4.78, 5) is -0.0236. The average Bonchev–Trinajstić information content (AvgIpc) is 2.43. The fourth-order valence-electron chi connectivity index (χ4n) is 1.80. The van der Waals surface area contributed by atoms with E-state index in [0.717, 1.165) is 0 Å².